The molecule has 0 radical (unpaired) electrons. The summed E-state index contributed by atoms with van der Waals surface area (Å²) in [4.78, 5) is 12.1. The van der Waals surface area contributed by atoms with Gasteiger partial charge in [-0.1, -0.05) is 42.5 Å². The van der Waals surface area contributed by atoms with Gasteiger partial charge in [0.2, 0.25) is 0 Å². The number of esters is 1. The third-order valence-electron chi connectivity index (χ3n) is 3.26. The number of benzene rings is 2. The predicted molar refractivity (Wildman–Crippen MR) is 76.8 cm³/mol. The van der Waals surface area contributed by atoms with E-state index in [1.165, 1.54) is 0 Å². The van der Waals surface area contributed by atoms with Crippen LogP contribution >= 0.6 is 0 Å². The van der Waals surface area contributed by atoms with E-state index in [1.807, 2.05) is 48.5 Å². The van der Waals surface area contributed by atoms with E-state index in [0.717, 1.165) is 11.1 Å². The normalized spacial score (nSPS) is 15.7. The van der Waals surface area contributed by atoms with Crippen LogP contribution in [0.25, 0.3) is 6.08 Å². The summed E-state index contributed by atoms with van der Waals surface area (Å²) in [6.45, 7) is 0. The molecule has 3 heteroatoms. The van der Waals surface area contributed by atoms with Crippen molar-refractivity contribution in [3.8, 4) is 11.5 Å². The maximum Gasteiger partial charge on any atom is 0.339 e. The number of ether oxygens (including phenoxy) is 2. The molecule has 3 rings (SSSR count). The Bertz CT molecular complexity index is 672. The van der Waals surface area contributed by atoms with E-state index in [0.29, 0.717) is 23.5 Å². The molecule has 0 unspecified atom stereocenters. The van der Waals surface area contributed by atoms with Crippen LogP contribution in [0.2, 0.25) is 0 Å². The molecule has 0 atom stereocenters. The van der Waals surface area contributed by atoms with Crippen molar-refractivity contribution in [2.75, 3.05) is 7.11 Å². The number of rotatable bonds is 2. The first kappa shape index (κ1) is 12.5. The minimum atomic E-state index is -0.314. The van der Waals surface area contributed by atoms with Crippen molar-refractivity contribution in [3.63, 3.8) is 0 Å². The van der Waals surface area contributed by atoms with Crippen LogP contribution in [-0.4, -0.2) is 13.1 Å². The summed E-state index contributed by atoms with van der Waals surface area (Å²) in [5.41, 5.74) is 2.61. The predicted octanol–water partition coefficient (Wildman–Crippen LogP) is 3.24. The molecule has 3 nitrogen and oxygen atoms in total. The highest BCUT2D eigenvalue weighted by Gasteiger charge is 2.25. The van der Waals surface area contributed by atoms with Crippen LogP contribution in [0.3, 0.4) is 0 Å². The molecule has 0 bridgehead atoms. The van der Waals surface area contributed by atoms with Gasteiger partial charge in [-0.15, -0.1) is 0 Å². The van der Waals surface area contributed by atoms with Crippen LogP contribution in [0, 0.1) is 0 Å². The van der Waals surface area contributed by atoms with E-state index in [2.05, 4.69) is 0 Å². The standard InChI is InChI=1S/C17H14O3/c1-19-15-9-5-8-13-11-14(17(18)20-16(13)15)10-12-6-3-2-4-7-12/h2-10H,11H2,1H3. The van der Waals surface area contributed by atoms with Crippen molar-refractivity contribution in [3.05, 3.63) is 65.2 Å². The lowest BCUT2D eigenvalue weighted by Crippen LogP contribution is -2.19. The van der Waals surface area contributed by atoms with Gasteiger partial charge in [0.05, 0.1) is 7.11 Å². The largest absolute Gasteiger partial charge is 0.493 e. The molecule has 100 valence electrons. The summed E-state index contributed by atoms with van der Waals surface area (Å²) in [6, 6.07) is 15.4. The summed E-state index contributed by atoms with van der Waals surface area (Å²) in [7, 11) is 1.57. The molecule has 2 aromatic rings. The van der Waals surface area contributed by atoms with Gasteiger partial charge in [-0.25, -0.2) is 4.79 Å². The number of fused-ring (bicyclic) bond motifs is 1. The molecule has 0 aliphatic carbocycles. The van der Waals surface area contributed by atoms with Gasteiger partial charge < -0.3 is 9.47 Å². The van der Waals surface area contributed by atoms with Crippen molar-refractivity contribution < 1.29 is 14.3 Å². The van der Waals surface area contributed by atoms with Gasteiger partial charge in [0.15, 0.2) is 11.5 Å². The lowest BCUT2D eigenvalue weighted by atomic mass is 9.99. The Morgan fingerprint density at radius 2 is 1.90 bits per heavy atom. The van der Waals surface area contributed by atoms with Crippen molar-refractivity contribution >= 4 is 12.0 Å². The minimum Gasteiger partial charge on any atom is -0.493 e. The lowest BCUT2D eigenvalue weighted by molar-refractivity contribution is -0.130. The third-order valence-corrected chi connectivity index (χ3v) is 3.26. The van der Waals surface area contributed by atoms with Gasteiger partial charge in [0.1, 0.15) is 0 Å². The number of hydrogen-bond donors (Lipinski definition) is 0. The van der Waals surface area contributed by atoms with Crippen LogP contribution < -0.4 is 9.47 Å². The summed E-state index contributed by atoms with van der Waals surface area (Å²) < 4.78 is 10.6. The monoisotopic (exact) mass is 266 g/mol. The molecule has 0 saturated carbocycles. The van der Waals surface area contributed by atoms with Crippen molar-refractivity contribution in [1.82, 2.24) is 0 Å². The first-order chi connectivity index (χ1) is 9.78. The summed E-state index contributed by atoms with van der Waals surface area (Å²) in [5.74, 6) is 0.811. The maximum atomic E-state index is 12.1. The highest BCUT2D eigenvalue weighted by atomic mass is 16.6. The second kappa shape index (κ2) is 5.21. The average molecular weight is 266 g/mol. The molecular weight excluding hydrogens is 252 g/mol. The Morgan fingerprint density at radius 1 is 1.10 bits per heavy atom. The number of hydrogen-bond acceptors (Lipinski definition) is 3. The molecule has 2 aromatic carbocycles. The van der Waals surface area contributed by atoms with Gasteiger partial charge in [-0.05, 0) is 17.7 Å². The first-order valence-electron chi connectivity index (χ1n) is 6.41. The first-order valence-corrected chi connectivity index (χ1v) is 6.41. The highest BCUT2D eigenvalue weighted by Crippen LogP contribution is 2.36. The molecule has 0 aromatic heterocycles. The molecule has 1 heterocycles. The molecule has 0 spiro atoms. The fraction of sp³-hybridized carbons (Fsp3) is 0.118. The SMILES string of the molecule is COc1cccc2c1OC(=O)C(=Cc1ccccc1)C2. The summed E-state index contributed by atoms with van der Waals surface area (Å²) in [6.07, 6.45) is 2.42. The molecule has 0 saturated heterocycles. The van der Waals surface area contributed by atoms with Crippen molar-refractivity contribution in [2.45, 2.75) is 6.42 Å². The second-order valence-electron chi connectivity index (χ2n) is 4.60. The van der Waals surface area contributed by atoms with Gasteiger partial charge >= 0.3 is 5.97 Å². The molecule has 1 aliphatic heterocycles. The summed E-state index contributed by atoms with van der Waals surface area (Å²) >= 11 is 0. The van der Waals surface area contributed by atoms with E-state index in [1.54, 1.807) is 13.2 Å². The van der Waals surface area contributed by atoms with Crippen LogP contribution in [0.5, 0.6) is 11.5 Å². The molecule has 1 aliphatic rings. The second-order valence-corrected chi connectivity index (χ2v) is 4.60. The molecule has 0 N–H and O–H groups in total. The van der Waals surface area contributed by atoms with Gasteiger partial charge in [0, 0.05) is 17.6 Å². The van der Waals surface area contributed by atoms with Crippen LogP contribution in [0.4, 0.5) is 0 Å². The smallest absolute Gasteiger partial charge is 0.339 e. The van der Waals surface area contributed by atoms with Crippen LogP contribution in [0.15, 0.2) is 54.1 Å². The van der Waals surface area contributed by atoms with Crippen LogP contribution in [0.1, 0.15) is 11.1 Å². The summed E-state index contributed by atoms with van der Waals surface area (Å²) in [5, 5.41) is 0. The zero-order chi connectivity index (χ0) is 13.9. The van der Waals surface area contributed by atoms with Crippen LogP contribution in [-0.2, 0) is 11.2 Å². The quantitative estimate of drug-likeness (QED) is 0.475. The fourth-order valence-electron chi connectivity index (χ4n) is 2.27. The van der Waals surface area contributed by atoms with Gasteiger partial charge in [-0.3, -0.25) is 0 Å². The van der Waals surface area contributed by atoms with E-state index in [9.17, 15) is 4.79 Å². The Labute approximate surface area is 117 Å². The van der Waals surface area contributed by atoms with Crippen molar-refractivity contribution in [2.24, 2.45) is 0 Å². The van der Waals surface area contributed by atoms with Crippen molar-refractivity contribution in [1.29, 1.82) is 0 Å². The molecule has 0 amide bonds. The van der Waals surface area contributed by atoms with Gasteiger partial charge in [-0.2, -0.15) is 0 Å². The lowest BCUT2D eigenvalue weighted by Gasteiger charge is -2.20. The zero-order valence-corrected chi connectivity index (χ0v) is 11.1. The Balaban J connectivity index is 1.98. The van der Waals surface area contributed by atoms with E-state index in [4.69, 9.17) is 9.47 Å². The zero-order valence-electron chi connectivity index (χ0n) is 11.1. The number of para-hydroxylation sites is 1. The number of carbonyl (C=O) groups excluding carboxylic acids is 1. The molecular formula is C17H14O3. The number of carbonyl (C=O) groups is 1. The molecule has 20 heavy (non-hydrogen) atoms. The Hall–Kier alpha value is -2.55. The minimum absolute atomic E-state index is 0.314. The van der Waals surface area contributed by atoms with E-state index >= 15 is 0 Å². The number of methoxy groups -OCH3 is 1. The topological polar surface area (TPSA) is 35.5 Å². The molecule has 0 fully saturated rings. The van der Waals surface area contributed by atoms with E-state index in [-0.39, 0.29) is 5.97 Å². The Kier molecular flexibility index (Phi) is 3.25. The maximum absolute atomic E-state index is 12.1. The van der Waals surface area contributed by atoms with E-state index < -0.39 is 0 Å². The Morgan fingerprint density at radius 3 is 2.65 bits per heavy atom. The third kappa shape index (κ3) is 2.30. The fourth-order valence-corrected chi connectivity index (χ4v) is 2.27. The highest BCUT2D eigenvalue weighted by molar-refractivity contribution is 5.97. The van der Waals surface area contributed by atoms with Gasteiger partial charge in [0.25, 0.3) is 0 Å². The average Bonchev–Trinajstić information content (AvgIpc) is 2.48.